The molecule has 0 saturated heterocycles. The monoisotopic (exact) mass is 400 g/mol. The molecule has 2 rings (SSSR count). The SMILES string of the molecule is CCCCCCCOc1cc(C(=O)O)c(OCCCCCCC)c2ccccc12. The van der Waals surface area contributed by atoms with E-state index in [-0.39, 0.29) is 5.56 Å². The van der Waals surface area contributed by atoms with Crippen molar-refractivity contribution in [1.82, 2.24) is 0 Å². The number of carboxylic acid groups (broad SMARTS) is 1. The van der Waals surface area contributed by atoms with Crippen LogP contribution < -0.4 is 9.47 Å². The summed E-state index contributed by atoms with van der Waals surface area (Å²) in [6, 6.07) is 9.38. The van der Waals surface area contributed by atoms with Crippen LogP contribution in [0.3, 0.4) is 0 Å². The Morgan fingerprint density at radius 1 is 0.793 bits per heavy atom. The van der Waals surface area contributed by atoms with Gasteiger partial charge in [0, 0.05) is 10.8 Å². The minimum absolute atomic E-state index is 0.179. The van der Waals surface area contributed by atoms with Crippen molar-refractivity contribution in [2.75, 3.05) is 13.2 Å². The number of benzene rings is 2. The lowest BCUT2D eigenvalue weighted by Crippen LogP contribution is -2.07. The Labute approximate surface area is 175 Å². The van der Waals surface area contributed by atoms with E-state index in [2.05, 4.69) is 13.8 Å². The molecular formula is C25H36O4. The highest BCUT2D eigenvalue weighted by molar-refractivity contribution is 6.03. The van der Waals surface area contributed by atoms with E-state index in [4.69, 9.17) is 9.47 Å². The third kappa shape index (κ3) is 7.26. The third-order valence-corrected chi connectivity index (χ3v) is 5.19. The van der Waals surface area contributed by atoms with Crippen LogP contribution in [0.2, 0.25) is 0 Å². The molecule has 2 aromatic rings. The molecule has 0 amide bonds. The van der Waals surface area contributed by atoms with Crippen LogP contribution in [-0.2, 0) is 0 Å². The predicted octanol–water partition coefficient (Wildman–Crippen LogP) is 7.24. The largest absolute Gasteiger partial charge is 0.493 e. The second kappa shape index (κ2) is 13.1. The van der Waals surface area contributed by atoms with E-state index in [0.29, 0.717) is 24.7 Å². The molecule has 0 fully saturated rings. The van der Waals surface area contributed by atoms with Gasteiger partial charge in [0.05, 0.1) is 13.2 Å². The van der Waals surface area contributed by atoms with Crippen LogP contribution in [0.1, 0.15) is 88.4 Å². The van der Waals surface area contributed by atoms with E-state index >= 15 is 0 Å². The molecule has 2 aromatic carbocycles. The standard InChI is InChI=1S/C25H36O4/c1-3-5-7-9-13-17-28-23-19-22(25(26)27)24(21-16-12-11-15-20(21)23)29-18-14-10-8-6-4-2/h11-12,15-16,19H,3-10,13-14,17-18H2,1-2H3,(H,26,27). The summed E-state index contributed by atoms with van der Waals surface area (Å²) >= 11 is 0. The zero-order valence-electron chi connectivity index (χ0n) is 18.0. The summed E-state index contributed by atoms with van der Waals surface area (Å²) in [5.41, 5.74) is 0.179. The highest BCUT2D eigenvalue weighted by Gasteiger charge is 2.19. The maximum absolute atomic E-state index is 11.9. The number of hydrogen-bond acceptors (Lipinski definition) is 3. The summed E-state index contributed by atoms with van der Waals surface area (Å²) in [6.07, 6.45) is 11.5. The molecule has 0 bridgehead atoms. The Balaban J connectivity index is 2.13. The van der Waals surface area contributed by atoms with Gasteiger partial charge in [0.1, 0.15) is 17.1 Å². The van der Waals surface area contributed by atoms with Crippen LogP contribution in [0.25, 0.3) is 10.8 Å². The first-order valence-electron chi connectivity index (χ1n) is 11.2. The Hall–Kier alpha value is -2.23. The number of unbranched alkanes of at least 4 members (excludes halogenated alkanes) is 8. The molecule has 0 aliphatic rings. The lowest BCUT2D eigenvalue weighted by molar-refractivity contribution is 0.0692. The molecule has 160 valence electrons. The molecule has 0 atom stereocenters. The molecule has 1 N–H and O–H groups in total. The quantitative estimate of drug-likeness (QED) is 0.320. The van der Waals surface area contributed by atoms with Crippen molar-refractivity contribution in [1.29, 1.82) is 0 Å². The van der Waals surface area contributed by atoms with Gasteiger partial charge >= 0.3 is 5.97 Å². The molecule has 0 heterocycles. The fourth-order valence-corrected chi connectivity index (χ4v) is 3.52. The van der Waals surface area contributed by atoms with Crippen LogP contribution in [-0.4, -0.2) is 24.3 Å². The van der Waals surface area contributed by atoms with Crippen LogP contribution >= 0.6 is 0 Å². The van der Waals surface area contributed by atoms with Gasteiger partial charge < -0.3 is 14.6 Å². The van der Waals surface area contributed by atoms with Gasteiger partial charge in [-0.3, -0.25) is 0 Å². The maximum atomic E-state index is 11.9. The molecule has 0 unspecified atom stereocenters. The second-order valence-corrected chi connectivity index (χ2v) is 7.63. The third-order valence-electron chi connectivity index (χ3n) is 5.19. The summed E-state index contributed by atoms with van der Waals surface area (Å²) in [4.78, 5) is 11.9. The van der Waals surface area contributed by atoms with Gasteiger partial charge in [-0.05, 0) is 18.9 Å². The van der Waals surface area contributed by atoms with Gasteiger partial charge in [0.15, 0.2) is 0 Å². The molecule has 0 aliphatic carbocycles. The first-order valence-corrected chi connectivity index (χ1v) is 11.2. The Bertz CT molecular complexity index is 754. The van der Waals surface area contributed by atoms with E-state index in [9.17, 15) is 9.90 Å². The van der Waals surface area contributed by atoms with Gasteiger partial charge in [0.2, 0.25) is 0 Å². The minimum atomic E-state index is -0.982. The molecule has 0 saturated carbocycles. The van der Waals surface area contributed by atoms with Crippen molar-refractivity contribution in [3.05, 3.63) is 35.9 Å². The number of fused-ring (bicyclic) bond motifs is 1. The lowest BCUT2D eigenvalue weighted by Gasteiger charge is -2.16. The van der Waals surface area contributed by atoms with E-state index in [1.807, 2.05) is 24.3 Å². The van der Waals surface area contributed by atoms with Crippen LogP contribution in [0.5, 0.6) is 11.5 Å². The Kier molecular flexibility index (Phi) is 10.4. The Morgan fingerprint density at radius 3 is 1.93 bits per heavy atom. The zero-order chi connectivity index (χ0) is 20.9. The molecule has 4 heteroatoms. The summed E-state index contributed by atoms with van der Waals surface area (Å²) < 4.78 is 12.0. The number of aromatic carboxylic acids is 1. The number of hydrogen-bond donors (Lipinski definition) is 1. The van der Waals surface area contributed by atoms with Gasteiger partial charge in [0.25, 0.3) is 0 Å². The topological polar surface area (TPSA) is 55.8 Å². The van der Waals surface area contributed by atoms with Crippen LogP contribution in [0.15, 0.2) is 30.3 Å². The van der Waals surface area contributed by atoms with E-state index < -0.39 is 5.97 Å². The molecule has 0 aromatic heterocycles. The normalized spacial score (nSPS) is 11.0. The fraction of sp³-hybridized carbons (Fsp3) is 0.560. The maximum Gasteiger partial charge on any atom is 0.339 e. The van der Waals surface area contributed by atoms with Crippen molar-refractivity contribution in [2.24, 2.45) is 0 Å². The highest BCUT2D eigenvalue weighted by atomic mass is 16.5. The summed E-state index contributed by atoms with van der Waals surface area (Å²) in [5.74, 6) is 0.104. The number of rotatable bonds is 15. The zero-order valence-corrected chi connectivity index (χ0v) is 18.0. The number of carbonyl (C=O) groups is 1. The fourth-order valence-electron chi connectivity index (χ4n) is 3.52. The van der Waals surface area contributed by atoms with Crippen molar-refractivity contribution < 1.29 is 19.4 Å². The first kappa shape index (κ1) is 23.1. The average Bonchev–Trinajstić information content (AvgIpc) is 2.73. The summed E-state index contributed by atoms with van der Waals surface area (Å²) in [6.45, 7) is 5.53. The molecule has 4 nitrogen and oxygen atoms in total. The van der Waals surface area contributed by atoms with Crippen molar-refractivity contribution in [2.45, 2.75) is 78.1 Å². The molecular weight excluding hydrogens is 364 g/mol. The second-order valence-electron chi connectivity index (χ2n) is 7.63. The van der Waals surface area contributed by atoms with E-state index in [1.54, 1.807) is 6.07 Å². The smallest absolute Gasteiger partial charge is 0.339 e. The van der Waals surface area contributed by atoms with Crippen molar-refractivity contribution in [3.8, 4) is 11.5 Å². The first-order chi connectivity index (χ1) is 14.2. The van der Waals surface area contributed by atoms with Crippen LogP contribution in [0, 0.1) is 0 Å². The molecule has 29 heavy (non-hydrogen) atoms. The predicted molar refractivity (Wildman–Crippen MR) is 119 cm³/mol. The van der Waals surface area contributed by atoms with Gasteiger partial charge in [-0.15, -0.1) is 0 Å². The molecule has 0 aliphatic heterocycles. The summed E-state index contributed by atoms with van der Waals surface area (Å²) in [7, 11) is 0. The van der Waals surface area contributed by atoms with Gasteiger partial charge in [-0.25, -0.2) is 4.79 Å². The number of ether oxygens (including phenoxy) is 2. The average molecular weight is 401 g/mol. The number of carboxylic acids is 1. The molecule has 0 radical (unpaired) electrons. The van der Waals surface area contributed by atoms with E-state index in [0.717, 1.165) is 36.5 Å². The van der Waals surface area contributed by atoms with E-state index in [1.165, 1.54) is 38.5 Å². The van der Waals surface area contributed by atoms with Crippen molar-refractivity contribution in [3.63, 3.8) is 0 Å². The lowest BCUT2D eigenvalue weighted by atomic mass is 10.0. The van der Waals surface area contributed by atoms with Gasteiger partial charge in [-0.1, -0.05) is 89.5 Å². The van der Waals surface area contributed by atoms with Crippen LogP contribution in [0.4, 0.5) is 0 Å². The minimum Gasteiger partial charge on any atom is -0.493 e. The Morgan fingerprint density at radius 2 is 1.34 bits per heavy atom. The van der Waals surface area contributed by atoms with Gasteiger partial charge in [-0.2, -0.15) is 0 Å². The molecule has 0 spiro atoms. The summed E-state index contributed by atoms with van der Waals surface area (Å²) in [5, 5.41) is 11.5. The highest BCUT2D eigenvalue weighted by Crippen LogP contribution is 2.37. The van der Waals surface area contributed by atoms with Crippen molar-refractivity contribution >= 4 is 16.7 Å².